The Morgan fingerprint density at radius 2 is 1.67 bits per heavy atom. The lowest BCUT2D eigenvalue weighted by atomic mass is 9.87. The van der Waals surface area contributed by atoms with Crippen molar-refractivity contribution in [1.82, 2.24) is 5.32 Å². The molecule has 0 saturated heterocycles. The molecule has 0 aromatic heterocycles. The van der Waals surface area contributed by atoms with Crippen LogP contribution in [0, 0.1) is 0 Å². The molecule has 0 aliphatic rings. The molecule has 2 rings (SSSR count). The first kappa shape index (κ1) is 18.8. The highest BCUT2D eigenvalue weighted by molar-refractivity contribution is 7.98. The molecule has 4 heteroatoms. The van der Waals surface area contributed by atoms with Gasteiger partial charge in [0.05, 0.1) is 0 Å². The third kappa shape index (κ3) is 6.54. The van der Waals surface area contributed by atoms with Crippen molar-refractivity contribution in [2.24, 2.45) is 0 Å². The van der Waals surface area contributed by atoms with Crippen molar-refractivity contribution in [1.29, 1.82) is 0 Å². The summed E-state index contributed by atoms with van der Waals surface area (Å²) in [6.07, 6.45) is 0. The van der Waals surface area contributed by atoms with Crippen LogP contribution in [0.4, 0.5) is 5.69 Å². The Morgan fingerprint density at radius 3 is 2.29 bits per heavy atom. The topological polar surface area (TPSA) is 24.1 Å². The second kappa shape index (κ2) is 9.09. The van der Waals surface area contributed by atoms with E-state index in [-0.39, 0.29) is 5.41 Å². The number of thiocarbonyl (C=S) groups is 1. The quantitative estimate of drug-likeness (QED) is 0.547. The van der Waals surface area contributed by atoms with E-state index in [0.717, 1.165) is 23.7 Å². The number of benzene rings is 2. The van der Waals surface area contributed by atoms with Crippen LogP contribution in [0.15, 0.2) is 54.6 Å². The van der Waals surface area contributed by atoms with Crippen LogP contribution in [0.2, 0.25) is 0 Å². The summed E-state index contributed by atoms with van der Waals surface area (Å²) in [5.74, 6) is 2.07. The molecule has 0 aliphatic carbocycles. The molecule has 2 aromatic carbocycles. The summed E-state index contributed by atoms with van der Waals surface area (Å²) in [6, 6.07) is 19.0. The van der Waals surface area contributed by atoms with E-state index in [4.69, 9.17) is 12.2 Å². The third-order valence-corrected chi connectivity index (χ3v) is 4.93. The summed E-state index contributed by atoms with van der Waals surface area (Å²) >= 11 is 7.26. The van der Waals surface area contributed by atoms with Crippen molar-refractivity contribution in [3.05, 3.63) is 65.7 Å². The Balaban J connectivity index is 1.66. The van der Waals surface area contributed by atoms with Crippen molar-refractivity contribution in [3.8, 4) is 0 Å². The second-order valence-electron chi connectivity index (χ2n) is 6.75. The van der Waals surface area contributed by atoms with Crippen molar-refractivity contribution < 1.29 is 0 Å². The van der Waals surface area contributed by atoms with Gasteiger partial charge in [-0.05, 0) is 40.9 Å². The van der Waals surface area contributed by atoms with Gasteiger partial charge >= 0.3 is 0 Å². The maximum Gasteiger partial charge on any atom is 0.170 e. The summed E-state index contributed by atoms with van der Waals surface area (Å²) in [6.45, 7) is 7.52. The van der Waals surface area contributed by atoms with Gasteiger partial charge in [-0.3, -0.25) is 0 Å². The zero-order chi connectivity index (χ0) is 17.4. The summed E-state index contributed by atoms with van der Waals surface area (Å²) < 4.78 is 0. The highest BCUT2D eigenvalue weighted by Crippen LogP contribution is 2.23. The van der Waals surface area contributed by atoms with Gasteiger partial charge in [-0.15, -0.1) is 0 Å². The van der Waals surface area contributed by atoms with Crippen LogP contribution in [0.1, 0.15) is 31.9 Å². The molecule has 2 aromatic rings. The van der Waals surface area contributed by atoms with Crippen molar-refractivity contribution in [3.63, 3.8) is 0 Å². The van der Waals surface area contributed by atoms with Crippen LogP contribution in [0.3, 0.4) is 0 Å². The molecule has 0 heterocycles. The molecule has 0 atom stereocenters. The van der Waals surface area contributed by atoms with E-state index in [2.05, 4.69) is 79.9 Å². The first-order chi connectivity index (χ1) is 11.4. The van der Waals surface area contributed by atoms with Gasteiger partial charge in [0.15, 0.2) is 5.11 Å². The predicted octanol–water partition coefficient (Wildman–Crippen LogP) is 5.20. The van der Waals surface area contributed by atoms with Gasteiger partial charge in [0, 0.05) is 23.7 Å². The van der Waals surface area contributed by atoms with E-state index in [9.17, 15) is 0 Å². The van der Waals surface area contributed by atoms with Gasteiger partial charge in [0.1, 0.15) is 0 Å². The van der Waals surface area contributed by atoms with Crippen molar-refractivity contribution >= 4 is 34.8 Å². The fraction of sp³-hybridized carbons (Fsp3) is 0.350. The lowest BCUT2D eigenvalue weighted by Gasteiger charge is -2.19. The van der Waals surface area contributed by atoms with Crippen LogP contribution in [0.25, 0.3) is 0 Å². The van der Waals surface area contributed by atoms with Gasteiger partial charge in [-0.1, -0.05) is 63.2 Å². The van der Waals surface area contributed by atoms with Crippen LogP contribution in [-0.2, 0) is 11.2 Å². The number of hydrogen-bond donors (Lipinski definition) is 2. The monoisotopic (exact) mass is 358 g/mol. The van der Waals surface area contributed by atoms with Gasteiger partial charge in [-0.25, -0.2) is 0 Å². The maximum atomic E-state index is 5.35. The molecule has 0 fully saturated rings. The predicted molar refractivity (Wildman–Crippen MR) is 112 cm³/mol. The number of hydrogen-bond acceptors (Lipinski definition) is 2. The fourth-order valence-electron chi connectivity index (χ4n) is 2.23. The van der Waals surface area contributed by atoms with Crippen molar-refractivity contribution in [2.45, 2.75) is 31.9 Å². The zero-order valence-electron chi connectivity index (χ0n) is 14.6. The van der Waals surface area contributed by atoms with E-state index >= 15 is 0 Å². The highest BCUT2D eigenvalue weighted by atomic mass is 32.2. The Kier molecular flexibility index (Phi) is 7.13. The minimum absolute atomic E-state index is 0.174. The molecule has 0 spiro atoms. The van der Waals surface area contributed by atoms with E-state index in [1.807, 2.05) is 17.8 Å². The Morgan fingerprint density at radius 1 is 1.00 bits per heavy atom. The smallest absolute Gasteiger partial charge is 0.170 e. The standard InChI is InChI=1S/C20H26N2S2/c1-20(2,3)17-9-11-18(12-10-17)22-19(23)21-13-14-24-15-16-7-5-4-6-8-16/h4-12H,13-15H2,1-3H3,(H2,21,22,23). The summed E-state index contributed by atoms with van der Waals surface area (Å²) in [7, 11) is 0. The molecular formula is C20H26N2S2. The largest absolute Gasteiger partial charge is 0.362 e. The molecule has 0 bridgehead atoms. The average Bonchev–Trinajstić information content (AvgIpc) is 2.55. The minimum atomic E-state index is 0.174. The van der Waals surface area contributed by atoms with Crippen molar-refractivity contribution in [2.75, 3.05) is 17.6 Å². The minimum Gasteiger partial charge on any atom is -0.362 e. The summed E-state index contributed by atoms with van der Waals surface area (Å²) in [5, 5.41) is 7.18. The SMILES string of the molecule is CC(C)(C)c1ccc(NC(=S)NCCSCc2ccccc2)cc1. The number of thioether (sulfide) groups is 1. The van der Waals surface area contributed by atoms with Crippen LogP contribution < -0.4 is 10.6 Å². The van der Waals surface area contributed by atoms with E-state index in [1.165, 1.54) is 11.1 Å². The molecule has 0 amide bonds. The average molecular weight is 359 g/mol. The number of rotatable bonds is 6. The molecular weight excluding hydrogens is 332 g/mol. The van der Waals surface area contributed by atoms with E-state index in [1.54, 1.807) is 0 Å². The molecule has 0 unspecified atom stereocenters. The second-order valence-corrected chi connectivity index (χ2v) is 8.26. The maximum absolute atomic E-state index is 5.35. The summed E-state index contributed by atoms with van der Waals surface area (Å²) in [4.78, 5) is 0. The fourth-order valence-corrected chi connectivity index (χ4v) is 3.27. The zero-order valence-corrected chi connectivity index (χ0v) is 16.3. The molecule has 0 saturated carbocycles. The lowest BCUT2D eigenvalue weighted by Crippen LogP contribution is -2.30. The Hall–Kier alpha value is -1.52. The first-order valence-electron chi connectivity index (χ1n) is 8.22. The molecule has 0 aliphatic heterocycles. The highest BCUT2D eigenvalue weighted by Gasteiger charge is 2.12. The Labute approximate surface area is 155 Å². The van der Waals surface area contributed by atoms with E-state index < -0.39 is 0 Å². The number of nitrogens with one attached hydrogen (secondary N) is 2. The molecule has 0 radical (unpaired) electrons. The van der Waals surface area contributed by atoms with Gasteiger partial charge < -0.3 is 10.6 Å². The molecule has 2 N–H and O–H groups in total. The molecule has 24 heavy (non-hydrogen) atoms. The van der Waals surface area contributed by atoms with Gasteiger partial charge in [-0.2, -0.15) is 11.8 Å². The van der Waals surface area contributed by atoms with Crippen LogP contribution >= 0.6 is 24.0 Å². The number of anilines is 1. The van der Waals surface area contributed by atoms with Gasteiger partial charge in [0.25, 0.3) is 0 Å². The molecule has 2 nitrogen and oxygen atoms in total. The third-order valence-electron chi connectivity index (χ3n) is 3.65. The Bertz CT molecular complexity index is 631. The van der Waals surface area contributed by atoms with Crippen LogP contribution in [-0.4, -0.2) is 17.4 Å². The summed E-state index contributed by atoms with van der Waals surface area (Å²) in [5.41, 5.74) is 3.89. The van der Waals surface area contributed by atoms with E-state index in [0.29, 0.717) is 5.11 Å². The lowest BCUT2D eigenvalue weighted by molar-refractivity contribution is 0.590. The normalized spacial score (nSPS) is 11.1. The van der Waals surface area contributed by atoms with Crippen LogP contribution in [0.5, 0.6) is 0 Å². The first-order valence-corrected chi connectivity index (χ1v) is 9.78. The van der Waals surface area contributed by atoms with Gasteiger partial charge in [0.2, 0.25) is 0 Å². The molecule has 128 valence electrons.